The Morgan fingerprint density at radius 3 is 2.53 bits per heavy atom. The minimum atomic E-state index is -0.414. The minimum Gasteiger partial charge on any atom is -0.494 e. The number of hydrogen-bond donors (Lipinski definition) is 2. The number of unbranched alkanes of at least 4 members (excludes halogenated alkanes) is 1. The number of rotatable bonds is 6. The monoisotopic (exact) mass is 448 g/mol. The van der Waals surface area contributed by atoms with Crippen LogP contribution in [0.2, 0.25) is 5.02 Å². The summed E-state index contributed by atoms with van der Waals surface area (Å²) in [6.07, 6.45) is 1.46. The molecule has 162 valence electrons. The first kappa shape index (κ1) is 20.5. The molecular weight excluding hydrogens is 428 g/mol. The van der Waals surface area contributed by atoms with Crippen molar-refractivity contribution in [1.29, 1.82) is 0 Å². The van der Waals surface area contributed by atoms with Crippen LogP contribution in [0.1, 0.15) is 33.6 Å². The lowest BCUT2D eigenvalue weighted by Gasteiger charge is -2.10. The van der Waals surface area contributed by atoms with Crippen LogP contribution >= 0.6 is 11.6 Å². The fraction of sp³-hybridized carbons (Fsp3) is 0.200. The molecule has 0 atom stereocenters. The summed E-state index contributed by atoms with van der Waals surface area (Å²) in [6.45, 7) is 0.657. The summed E-state index contributed by atoms with van der Waals surface area (Å²) in [5.74, 6) is -0.103. The molecule has 2 amide bonds. The van der Waals surface area contributed by atoms with Gasteiger partial charge in [-0.25, -0.2) is 0 Å². The van der Waals surface area contributed by atoms with Crippen LogP contribution in [0, 0.1) is 0 Å². The standard InChI is InChI=1S/C25H21ClN2O4/c1-28-19-12-14(32-11-5-4-10-29)8-9-16(19)21-20(28)13-17(15-6-2-3-7-18(15)26)22-23(21)25(31)27-24(22)30/h2-3,6-9,12-13,29H,4-5,10-11H2,1H3,(H,27,30,31). The number of amides is 2. The molecule has 6 nitrogen and oxygen atoms in total. The highest BCUT2D eigenvalue weighted by Gasteiger charge is 2.34. The summed E-state index contributed by atoms with van der Waals surface area (Å²) in [5, 5.41) is 13.5. The maximum atomic E-state index is 12.9. The molecule has 0 bridgehead atoms. The third kappa shape index (κ3) is 3.15. The lowest BCUT2D eigenvalue weighted by molar-refractivity contribution is 0.0880. The zero-order chi connectivity index (χ0) is 22.4. The van der Waals surface area contributed by atoms with Crippen LogP contribution in [-0.2, 0) is 7.05 Å². The molecule has 1 aliphatic rings. The van der Waals surface area contributed by atoms with Gasteiger partial charge in [0.15, 0.2) is 0 Å². The minimum absolute atomic E-state index is 0.144. The molecule has 7 heteroatoms. The molecule has 2 heterocycles. The average Bonchev–Trinajstić information content (AvgIpc) is 3.24. The number of aryl methyl sites for hydroxylation is 1. The van der Waals surface area contributed by atoms with Gasteiger partial charge >= 0.3 is 0 Å². The molecule has 0 radical (unpaired) electrons. The van der Waals surface area contributed by atoms with Crippen molar-refractivity contribution in [2.24, 2.45) is 7.05 Å². The molecule has 0 saturated carbocycles. The summed E-state index contributed by atoms with van der Waals surface area (Å²) < 4.78 is 7.83. The number of aliphatic hydroxyl groups is 1. The van der Waals surface area contributed by atoms with Crippen molar-refractivity contribution < 1.29 is 19.4 Å². The second-order valence-corrected chi connectivity index (χ2v) is 8.26. The van der Waals surface area contributed by atoms with E-state index < -0.39 is 11.8 Å². The van der Waals surface area contributed by atoms with Gasteiger partial charge in [0.2, 0.25) is 0 Å². The Morgan fingerprint density at radius 2 is 1.75 bits per heavy atom. The lowest BCUT2D eigenvalue weighted by Crippen LogP contribution is -2.20. The fourth-order valence-corrected chi connectivity index (χ4v) is 4.65. The van der Waals surface area contributed by atoms with E-state index in [1.54, 1.807) is 6.07 Å². The number of fused-ring (bicyclic) bond motifs is 5. The lowest BCUT2D eigenvalue weighted by atomic mass is 9.93. The SMILES string of the molecule is Cn1c2cc(OCCCCO)ccc2c2c3c(c(-c4ccccc4Cl)cc21)C(=O)NC3=O. The molecular formula is C25H21ClN2O4. The van der Waals surface area contributed by atoms with Crippen molar-refractivity contribution in [2.75, 3.05) is 13.2 Å². The van der Waals surface area contributed by atoms with Gasteiger partial charge in [-0.15, -0.1) is 0 Å². The van der Waals surface area contributed by atoms with Gasteiger partial charge in [0.05, 0.1) is 28.8 Å². The maximum Gasteiger partial charge on any atom is 0.259 e. The molecule has 0 spiro atoms. The Kier molecular flexibility index (Phi) is 5.12. The molecule has 0 saturated heterocycles. The smallest absolute Gasteiger partial charge is 0.259 e. The van der Waals surface area contributed by atoms with Crippen molar-refractivity contribution in [3.8, 4) is 16.9 Å². The third-order valence-electron chi connectivity index (χ3n) is 5.93. The predicted octanol–water partition coefficient (Wildman–Crippen LogP) is 4.69. The molecule has 1 aromatic heterocycles. The summed E-state index contributed by atoms with van der Waals surface area (Å²) in [4.78, 5) is 25.6. The van der Waals surface area contributed by atoms with E-state index >= 15 is 0 Å². The van der Waals surface area contributed by atoms with Crippen LogP contribution in [0.15, 0.2) is 48.5 Å². The predicted molar refractivity (Wildman–Crippen MR) is 124 cm³/mol. The van der Waals surface area contributed by atoms with E-state index in [1.807, 2.05) is 54.1 Å². The zero-order valence-electron chi connectivity index (χ0n) is 17.4. The molecule has 3 aromatic carbocycles. The van der Waals surface area contributed by atoms with Crippen LogP contribution in [-0.4, -0.2) is 34.7 Å². The summed E-state index contributed by atoms with van der Waals surface area (Å²) >= 11 is 6.45. The number of carbonyl (C=O) groups excluding carboxylic acids is 2. The number of carbonyl (C=O) groups is 2. The first-order valence-corrected chi connectivity index (χ1v) is 10.8. The Bertz CT molecular complexity index is 1410. The summed E-state index contributed by atoms with van der Waals surface area (Å²) in [6, 6.07) is 14.9. The number of imide groups is 1. The van der Waals surface area contributed by atoms with Crippen LogP contribution in [0.3, 0.4) is 0 Å². The molecule has 5 rings (SSSR count). The number of aliphatic hydroxyl groups excluding tert-OH is 1. The van der Waals surface area contributed by atoms with Gasteiger partial charge in [0.25, 0.3) is 11.8 Å². The van der Waals surface area contributed by atoms with Gasteiger partial charge in [0.1, 0.15) is 5.75 Å². The van der Waals surface area contributed by atoms with Gasteiger partial charge in [0, 0.05) is 41.1 Å². The Hall–Kier alpha value is -3.35. The normalized spacial score (nSPS) is 13.1. The molecule has 0 unspecified atom stereocenters. The first-order valence-electron chi connectivity index (χ1n) is 10.4. The van der Waals surface area contributed by atoms with E-state index in [2.05, 4.69) is 5.32 Å². The van der Waals surface area contributed by atoms with Crippen molar-refractivity contribution >= 4 is 45.2 Å². The van der Waals surface area contributed by atoms with Crippen LogP contribution in [0.5, 0.6) is 5.75 Å². The number of aromatic nitrogens is 1. The van der Waals surface area contributed by atoms with Gasteiger partial charge in [-0.3, -0.25) is 14.9 Å². The molecule has 32 heavy (non-hydrogen) atoms. The third-order valence-corrected chi connectivity index (χ3v) is 6.26. The van der Waals surface area contributed by atoms with E-state index in [-0.39, 0.29) is 6.61 Å². The van der Waals surface area contributed by atoms with Crippen molar-refractivity contribution in [1.82, 2.24) is 9.88 Å². The molecule has 0 aliphatic carbocycles. The second kappa shape index (κ2) is 7.97. The zero-order valence-corrected chi connectivity index (χ0v) is 18.2. The van der Waals surface area contributed by atoms with Crippen LogP contribution in [0.4, 0.5) is 0 Å². The van der Waals surface area contributed by atoms with E-state index in [0.717, 1.165) is 28.2 Å². The Balaban J connectivity index is 1.75. The number of ether oxygens (including phenoxy) is 1. The summed E-state index contributed by atoms with van der Waals surface area (Å²) in [5.41, 5.74) is 3.79. The number of nitrogens with one attached hydrogen (secondary N) is 1. The van der Waals surface area contributed by atoms with Crippen molar-refractivity contribution in [2.45, 2.75) is 12.8 Å². The van der Waals surface area contributed by atoms with E-state index in [4.69, 9.17) is 21.4 Å². The van der Waals surface area contributed by atoms with Crippen molar-refractivity contribution in [3.63, 3.8) is 0 Å². The van der Waals surface area contributed by atoms with Gasteiger partial charge in [-0.05, 0) is 42.7 Å². The number of halogens is 1. The number of hydrogen-bond acceptors (Lipinski definition) is 4. The quantitative estimate of drug-likeness (QED) is 0.331. The topological polar surface area (TPSA) is 80.6 Å². The average molecular weight is 449 g/mol. The maximum absolute atomic E-state index is 12.9. The molecule has 4 aromatic rings. The van der Waals surface area contributed by atoms with Crippen molar-refractivity contribution in [3.05, 3.63) is 64.7 Å². The molecule has 0 fully saturated rings. The highest BCUT2D eigenvalue weighted by molar-refractivity contribution is 6.36. The van der Waals surface area contributed by atoms with Crippen LogP contribution < -0.4 is 10.1 Å². The summed E-state index contributed by atoms with van der Waals surface area (Å²) in [7, 11) is 1.93. The second-order valence-electron chi connectivity index (χ2n) is 7.85. The van der Waals surface area contributed by atoms with Gasteiger partial charge < -0.3 is 14.4 Å². The Labute approximate surface area is 189 Å². The van der Waals surface area contributed by atoms with E-state index in [9.17, 15) is 9.59 Å². The van der Waals surface area contributed by atoms with E-state index in [0.29, 0.717) is 46.1 Å². The molecule has 1 aliphatic heterocycles. The Morgan fingerprint density at radius 1 is 0.969 bits per heavy atom. The number of benzene rings is 3. The van der Waals surface area contributed by atoms with Gasteiger partial charge in [-0.1, -0.05) is 29.8 Å². The highest BCUT2D eigenvalue weighted by Crippen LogP contribution is 2.42. The van der Waals surface area contributed by atoms with Crippen LogP contribution in [0.25, 0.3) is 32.9 Å². The van der Waals surface area contributed by atoms with Gasteiger partial charge in [-0.2, -0.15) is 0 Å². The fourth-order valence-electron chi connectivity index (χ4n) is 4.41. The highest BCUT2D eigenvalue weighted by atomic mass is 35.5. The number of nitrogens with zero attached hydrogens (tertiary/aromatic N) is 1. The largest absolute Gasteiger partial charge is 0.494 e. The first-order chi connectivity index (χ1) is 15.5. The van der Waals surface area contributed by atoms with E-state index in [1.165, 1.54) is 0 Å². The molecule has 2 N–H and O–H groups in total.